The minimum atomic E-state index is -0.220. The topological polar surface area (TPSA) is 49.9 Å². The van der Waals surface area contributed by atoms with Gasteiger partial charge in [0.2, 0.25) is 0 Å². The van der Waals surface area contributed by atoms with Gasteiger partial charge < -0.3 is 14.5 Å². The molecule has 92 valence electrons. The second kappa shape index (κ2) is 5.18. The van der Waals surface area contributed by atoms with Crippen LogP contribution in [0.15, 0.2) is 0 Å². The van der Waals surface area contributed by atoms with Crippen LogP contribution in [0.5, 0.6) is 0 Å². The maximum absolute atomic E-state index is 11.9. The minimum Gasteiger partial charge on any atom is -0.469 e. The van der Waals surface area contributed by atoms with Crippen LogP contribution in [0.4, 0.5) is 4.79 Å². The van der Waals surface area contributed by atoms with E-state index in [1.165, 1.54) is 7.11 Å². The lowest BCUT2D eigenvalue weighted by molar-refractivity contribution is -0.146. The Morgan fingerprint density at radius 2 is 2.06 bits per heavy atom. The highest BCUT2D eigenvalue weighted by atomic mass is 16.5. The molecular weight excluding hydrogens is 208 g/mol. The molecule has 0 aromatic carbocycles. The van der Waals surface area contributed by atoms with Crippen LogP contribution in [-0.2, 0) is 9.53 Å². The van der Waals surface area contributed by atoms with Gasteiger partial charge in [-0.15, -0.1) is 0 Å². The number of esters is 1. The maximum atomic E-state index is 11.9. The molecule has 1 saturated heterocycles. The second-order valence-electron chi connectivity index (χ2n) is 4.31. The summed E-state index contributed by atoms with van der Waals surface area (Å²) in [5, 5.41) is 0. The van der Waals surface area contributed by atoms with Crippen LogP contribution in [0.3, 0.4) is 0 Å². The number of urea groups is 1. The van der Waals surface area contributed by atoms with Gasteiger partial charge in [0.25, 0.3) is 0 Å². The minimum absolute atomic E-state index is 0.0132. The van der Waals surface area contributed by atoms with Crippen molar-refractivity contribution in [2.75, 3.05) is 33.8 Å². The van der Waals surface area contributed by atoms with E-state index in [2.05, 4.69) is 0 Å². The van der Waals surface area contributed by atoms with Crippen molar-refractivity contribution in [1.29, 1.82) is 0 Å². The van der Waals surface area contributed by atoms with Crippen LogP contribution in [0.2, 0.25) is 0 Å². The first-order valence-electron chi connectivity index (χ1n) is 5.59. The van der Waals surface area contributed by atoms with Gasteiger partial charge in [-0.05, 0) is 12.8 Å². The third kappa shape index (κ3) is 2.46. The molecule has 5 nitrogen and oxygen atoms in total. The molecule has 16 heavy (non-hydrogen) atoms. The Labute approximate surface area is 96.3 Å². The first-order valence-corrected chi connectivity index (χ1v) is 5.59. The van der Waals surface area contributed by atoms with E-state index < -0.39 is 0 Å². The number of nitrogens with zero attached hydrogens (tertiary/aromatic N) is 2. The lowest BCUT2D eigenvalue weighted by Gasteiger charge is -2.23. The average molecular weight is 228 g/mol. The Hall–Kier alpha value is -1.26. The number of ether oxygens (including phenoxy) is 1. The third-order valence-corrected chi connectivity index (χ3v) is 3.19. The Bertz CT molecular complexity index is 280. The molecule has 2 unspecified atom stereocenters. The highest BCUT2D eigenvalue weighted by Crippen LogP contribution is 2.24. The molecule has 1 rings (SSSR count). The molecule has 0 N–H and O–H groups in total. The van der Waals surface area contributed by atoms with Crippen LogP contribution in [0.1, 0.15) is 13.8 Å². The average Bonchev–Trinajstić information content (AvgIpc) is 2.68. The van der Waals surface area contributed by atoms with Crippen molar-refractivity contribution < 1.29 is 14.3 Å². The molecule has 1 aliphatic heterocycles. The van der Waals surface area contributed by atoms with Gasteiger partial charge in [0.05, 0.1) is 13.0 Å². The fraction of sp³-hybridized carbons (Fsp3) is 0.818. The molecule has 2 atom stereocenters. The molecule has 0 bridgehead atoms. The zero-order valence-electron chi connectivity index (χ0n) is 10.4. The SMILES string of the molecule is CCN(C)C(=O)N1CC(C)C(C(=O)OC)C1. The number of hydrogen-bond donors (Lipinski definition) is 0. The summed E-state index contributed by atoms with van der Waals surface area (Å²) in [6.45, 7) is 5.67. The quantitative estimate of drug-likeness (QED) is 0.657. The van der Waals surface area contributed by atoms with Gasteiger partial charge in [-0.1, -0.05) is 6.92 Å². The Kier molecular flexibility index (Phi) is 4.15. The van der Waals surface area contributed by atoms with E-state index >= 15 is 0 Å². The molecule has 1 aliphatic rings. The summed E-state index contributed by atoms with van der Waals surface area (Å²) in [5.41, 5.74) is 0. The predicted molar refractivity (Wildman–Crippen MR) is 59.9 cm³/mol. The highest BCUT2D eigenvalue weighted by molar-refractivity contribution is 5.78. The van der Waals surface area contributed by atoms with Gasteiger partial charge in [0.1, 0.15) is 0 Å². The summed E-state index contributed by atoms with van der Waals surface area (Å²) in [6.07, 6.45) is 0. The van der Waals surface area contributed by atoms with Crippen molar-refractivity contribution in [3.63, 3.8) is 0 Å². The lowest BCUT2D eigenvalue weighted by Crippen LogP contribution is -2.40. The van der Waals surface area contributed by atoms with Crippen molar-refractivity contribution in [2.24, 2.45) is 11.8 Å². The number of methoxy groups -OCH3 is 1. The molecule has 0 aliphatic carbocycles. The van der Waals surface area contributed by atoms with Gasteiger partial charge in [-0.25, -0.2) is 4.79 Å². The Morgan fingerprint density at radius 1 is 1.44 bits per heavy atom. The van der Waals surface area contributed by atoms with Gasteiger partial charge in [0, 0.05) is 26.7 Å². The van der Waals surface area contributed by atoms with Gasteiger partial charge in [0.15, 0.2) is 0 Å². The fourth-order valence-corrected chi connectivity index (χ4v) is 1.96. The van der Waals surface area contributed by atoms with E-state index in [9.17, 15) is 9.59 Å². The van der Waals surface area contributed by atoms with Gasteiger partial charge in [-0.3, -0.25) is 4.79 Å². The van der Waals surface area contributed by atoms with Crippen LogP contribution < -0.4 is 0 Å². The number of rotatable bonds is 2. The van der Waals surface area contributed by atoms with Crippen molar-refractivity contribution in [3.8, 4) is 0 Å². The number of carbonyl (C=O) groups is 2. The number of hydrogen-bond acceptors (Lipinski definition) is 3. The monoisotopic (exact) mass is 228 g/mol. The van der Waals surface area contributed by atoms with Crippen molar-refractivity contribution in [3.05, 3.63) is 0 Å². The molecule has 0 aromatic rings. The zero-order valence-corrected chi connectivity index (χ0v) is 10.4. The number of carbonyl (C=O) groups excluding carboxylic acids is 2. The van der Waals surface area contributed by atoms with E-state index in [4.69, 9.17) is 4.74 Å². The second-order valence-corrected chi connectivity index (χ2v) is 4.31. The van der Waals surface area contributed by atoms with Crippen LogP contribution >= 0.6 is 0 Å². The molecular formula is C11H20N2O3. The third-order valence-electron chi connectivity index (χ3n) is 3.19. The largest absolute Gasteiger partial charge is 0.469 e. The first kappa shape index (κ1) is 12.8. The van der Waals surface area contributed by atoms with E-state index in [0.29, 0.717) is 19.6 Å². The van der Waals surface area contributed by atoms with Crippen molar-refractivity contribution in [2.45, 2.75) is 13.8 Å². The van der Waals surface area contributed by atoms with Gasteiger partial charge >= 0.3 is 12.0 Å². The molecule has 1 heterocycles. The standard InChI is InChI=1S/C11H20N2O3/c1-5-12(3)11(15)13-6-8(2)9(7-13)10(14)16-4/h8-9H,5-7H2,1-4H3. The van der Waals surface area contributed by atoms with Crippen LogP contribution in [0.25, 0.3) is 0 Å². The zero-order chi connectivity index (χ0) is 12.3. The van der Waals surface area contributed by atoms with Gasteiger partial charge in [-0.2, -0.15) is 0 Å². The normalized spacial score (nSPS) is 24.4. The van der Waals surface area contributed by atoms with E-state index in [1.54, 1.807) is 16.8 Å². The number of likely N-dealkylation sites (tertiary alicyclic amines) is 1. The van der Waals surface area contributed by atoms with Crippen LogP contribution in [0, 0.1) is 11.8 Å². The smallest absolute Gasteiger partial charge is 0.319 e. The molecule has 5 heteroatoms. The Morgan fingerprint density at radius 3 is 2.56 bits per heavy atom. The summed E-state index contributed by atoms with van der Waals surface area (Å²) in [7, 11) is 3.15. The summed E-state index contributed by atoms with van der Waals surface area (Å²) >= 11 is 0. The fourth-order valence-electron chi connectivity index (χ4n) is 1.96. The highest BCUT2D eigenvalue weighted by Gasteiger charge is 2.38. The van der Waals surface area contributed by atoms with E-state index in [-0.39, 0.29) is 23.8 Å². The summed E-state index contributed by atoms with van der Waals surface area (Å²) in [6, 6.07) is -0.0132. The molecule has 0 radical (unpaired) electrons. The molecule has 0 saturated carbocycles. The van der Waals surface area contributed by atoms with E-state index in [1.807, 2.05) is 13.8 Å². The first-order chi connectivity index (χ1) is 7.51. The summed E-state index contributed by atoms with van der Waals surface area (Å²) in [5.74, 6) is -0.234. The van der Waals surface area contributed by atoms with E-state index in [0.717, 1.165) is 0 Å². The molecule has 0 aromatic heterocycles. The Balaban J connectivity index is 2.62. The van der Waals surface area contributed by atoms with Crippen molar-refractivity contribution in [1.82, 2.24) is 9.80 Å². The molecule has 2 amide bonds. The van der Waals surface area contributed by atoms with Crippen molar-refractivity contribution >= 4 is 12.0 Å². The van der Waals surface area contributed by atoms with Crippen LogP contribution in [-0.4, -0.2) is 55.6 Å². The predicted octanol–water partition coefficient (Wildman–Crippen LogP) is 0.799. The number of amides is 2. The maximum Gasteiger partial charge on any atom is 0.319 e. The molecule has 1 fully saturated rings. The summed E-state index contributed by atoms with van der Waals surface area (Å²) in [4.78, 5) is 26.7. The lowest BCUT2D eigenvalue weighted by atomic mass is 9.99. The summed E-state index contributed by atoms with van der Waals surface area (Å²) < 4.78 is 4.73. The molecule has 0 spiro atoms.